The van der Waals surface area contributed by atoms with E-state index in [1.807, 2.05) is 6.07 Å². The highest BCUT2D eigenvalue weighted by Crippen LogP contribution is 2.42. The standard InChI is InChI=1S/C25H28N2O/c1-16-13-18(14-21-20-8-3-5-9-22(20)27-25(16)21)23-15-17(11-12-26-23)19-7-4-6-10-24(19)28-2/h3-11,16,18,23,26-27H,12-15H2,1-2H3. The third-order valence-corrected chi connectivity index (χ3v) is 6.65. The zero-order chi connectivity index (χ0) is 19.1. The molecule has 2 aliphatic rings. The summed E-state index contributed by atoms with van der Waals surface area (Å²) in [7, 11) is 1.76. The molecule has 28 heavy (non-hydrogen) atoms. The quantitative estimate of drug-likeness (QED) is 0.656. The van der Waals surface area contributed by atoms with Crippen molar-refractivity contribution in [1.82, 2.24) is 10.3 Å². The molecular formula is C25H28N2O. The number of hydrogen-bond acceptors (Lipinski definition) is 2. The Morgan fingerprint density at radius 1 is 1.00 bits per heavy atom. The minimum absolute atomic E-state index is 0.508. The van der Waals surface area contributed by atoms with Crippen molar-refractivity contribution in [2.24, 2.45) is 5.92 Å². The van der Waals surface area contributed by atoms with E-state index in [-0.39, 0.29) is 0 Å². The first-order valence-electron chi connectivity index (χ1n) is 10.4. The minimum atomic E-state index is 0.508. The monoisotopic (exact) mass is 372 g/mol. The summed E-state index contributed by atoms with van der Waals surface area (Å²) in [6.45, 7) is 3.31. The highest BCUT2D eigenvalue weighted by Gasteiger charge is 2.33. The van der Waals surface area contributed by atoms with Crippen molar-refractivity contribution < 1.29 is 4.74 Å². The van der Waals surface area contributed by atoms with Gasteiger partial charge in [0.05, 0.1) is 7.11 Å². The molecule has 3 heteroatoms. The van der Waals surface area contributed by atoms with Gasteiger partial charge in [0.15, 0.2) is 0 Å². The Kier molecular flexibility index (Phi) is 4.48. The summed E-state index contributed by atoms with van der Waals surface area (Å²) in [5.74, 6) is 2.20. The van der Waals surface area contributed by atoms with E-state index < -0.39 is 0 Å². The van der Waals surface area contributed by atoms with Crippen LogP contribution in [0.3, 0.4) is 0 Å². The van der Waals surface area contributed by atoms with E-state index in [2.05, 4.69) is 65.8 Å². The Morgan fingerprint density at radius 2 is 1.82 bits per heavy atom. The fourth-order valence-electron chi connectivity index (χ4n) is 5.27. The number of fused-ring (bicyclic) bond motifs is 3. The maximum absolute atomic E-state index is 5.62. The second kappa shape index (κ2) is 7.14. The molecule has 3 aromatic rings. The number of benzene rings is 2. The zero-order valence-corrected chi connectivity index (χ0v) is 16.7. The fraction of sp³-hybridized carbons (Fsp3) is 0.360. The molecule has 0 saturated carbocycles. The van der Waals surface area contributed by atoms with Gasteiger partial charge in [-0.2, -0.15) is 0 Å². The molecule has 0 radical (unpaired) electrons. The van der Waals surface area contributed by atoms with Crippen LogP contribution in [0.2, 0.25) is 0 Å². The Balaban J connectivity index is 1.42. The van der Waals surface area contributed by atoms with Crippen LogP contribution in [0.1, 0.15) is 42.5 Å². The first-order valence-corrected chi connectivity index (χ1v) is 10.4. The number of aromatic nitrogens is 1. The van der Waals surface area contributed by atoms with Crippen LogP contribution in [0.15, 0.2) is 54.6 Å². The second-order valence-electron chi connectivity index (χ2n) is 8.31. The summed E-state index contributed by atoms with van der Waals surface area (Å²) in [5, 5.41) is 5.20. The Bertz CT molecular complexity index is 1030. The van der Waals surface area contributed by atoms with Crippen LogP contribution in [0, 0.1) is 5.92 Å². The van der Waals surface area contributed by atoms with Gasteiger partial charge in [-0.25, -0.2) is 0 Å². The summed E-state index contributed by atoms with van der Waals surface area (Å²) in [6, 6.07) is 17.7. The van der Waals surface area contributed by atoms with Gasteiger partial charge in [-0.05, 0) is 54.4 Å². The van der Waals surface area contributed by atoms with Crippen molar-refractivity contribution in [1.29, 1.82) is 0 Å². The number of aromatic amines is 1. The number of nitrogens with one attached hydrogen (secondary N) is 2. The van der Waals surface area contributed by atoms with Crippen LogP contribution >= 0.6 is 0 Å². The molecule has 0 spiro atoms. The Labute approximate surface area is 166 Å². The van der Waals surface area contributed by atoms with Gasteiger partial charge >= 0.3 is 0 Å². The van der Waals surface area contributed by atoms with E-state index in [0.29, 0.717) is 17.9 Å². The van der Waals surface area contributed by atoms with E-state index in [1.54, 1.807) is 7.11 Å². The molecule has 3 unspecified atom stereocenters. The predicted octanol–water partition coefficient (Wildman–Crippen LogP) is 5.29. The van der Waals surface area contributed by atoms with Gasteiger partial charge in [0.25, 0.3) is 0 Å². The van der Waals surface area contributed by atoms with E-state index in [0.717, 1.165) is 25.1 Å². The van der Waals surface area contributed by atoms with Gasteiger partial charge in [0.1, 0.15) is 5.75 Å². The molecule has 144 valence electrons. The summed E-state index contributed by atoms with van der Waals surface area (Å²) in [5.41, 5.74) is 6.93. The predicted molar refractivity (Wildman–Crippen MR) is 116 cm³/mol. The average molecular weight is 373 g/mol. The van der Waals surface area contributed by atoms with Crippen LogP contribution in [0.25, 0.3) is 16.5 Å². The van der Waals surface area contributed by atoms with Crippen molar-refractivity contribution in [3.8, 4) is 5.75 Å². The lowest BCUT2D eigenvalue weighted by molar-refractivity contribution is 0.306. The number of rotatable bonds is 3. The lowest BCUT2D eigenvalue weighted by atomic mass is 9.74. The van der Waals surface area contributed by atoms with Crippen molar-refractivity contribution >= 4 is 16.5 Å². The second-order valence-corrected chi connectivity index (χ2v) is 8.31. The topological polar surface area (TPSA) is 37.0 Å². The first-order chi connectivity index (χ1) is 13.7. The molecule has 0 saturated heterocycles. The molecular weight excluding hydrogens is 344 g/mol. The smallest absolute Gasteiger partial charge is 0.126 e. The molecule has 1 aliphatic carbocycles. The van der Waals surface area contributed by atoms with Gasteiger partial charge in [0.2, 0.25) is 0 Å². The fourth-order valence-corrected chi connectivity index (χ4v) is 5.27. The largest absolute Gasteiger partial charge is 0.496 e. The normalized spacial score (nSPS) is 24.6. The summed E-state index contributed by atoms with van der Waals surface area (Å²) < 4.78 is 5.62. The van der Waals surface area contributed by atoms with Crippen molar-refractivity contribution in [2.45, 2.75) is 38.1 Å². The Morgan fingerprint density at radius 3 is 2.71 bits per heavy atom. The summed E-state index contributed by atoms with van der Waals surface area (Å²) >= 11 is 0. The first kappa shape index (κ1) is 17.6. The maximum Gasteiger partial charge on any atom is 0.126 e. The van der Waals surface area contributed by atoms with Gasteiger partial charge in [-0.3, -0.25) is 0 Å². The molecule has 3 nitrogen and oxygen atoms in total. The summed E-state index contributed by atoms with van der Waals surface area (Å²) in [4.78, 5) is 3.69. The van der Waals surface area contributed by atoms with Crippen LogP contribution in [0.5, 0.6) is 5.75 Å². The van der Waals surface area contributed by atoms with Crippen LogP contribution in [-0.2, 0) is 6.42 Å². The number of para-hydroxylation sites is 2. The third-order valence-electron chi connectivity index (χ3n) is 6.65. The van der Waals surface area contributed by atoms with Gasteiger partial charge in [-0.15, -0.1) is 0 Å². The Hall–Kier alpha value is -2.52. The SMILES string of the molecule is COc1ccccc1C1=CCNC(C2Cc3c([nH]c4ccccc34)C(C)C2)C1. The van der Waals surface area contributed by atoms with E-state index in [9.17, 15) is 0 Å². The molecule has 3 atom stereocenters. The minimum Gasteiger partial charge on any atom is -0.496 e. The maximum atomic E-state index is 5.62. The number of hydrogen-bond donors (Lipinski definition) is 2. The lowest BCUT2D eigenvalue weighted by Gasteiger charge is -2.36. The molecule has 2 heterocycles. The van der Waals surface area contributed by atoms with Gasteiger partial charge < -0.3 is 15.0 Å². The molecule has 5 rings (SSSR count). The molecule has 2 aromatic carbocycles. The molecule has 0 bridgehead atoms. The van der Waals surface area contributed by atoms with E-state index in [4.69, 9.17) is 4.74 Å². The van der Waals surface area contributed by atoms with Crippen molar-refractivity contribution in [3.05, 3.63) is 71.4 Å². The van der Waals surface area contributed by atoms with Crippen LogP contribution in [-0.4, -0.2) is 24.7 Å². The highest BCUT2D eigenvalue weighted by molar-refractivity contribution is 5.85. The van der Waals surface area contributed by atoms with Crippen LogP contribution < -0.4 is 10.1 Å². The van der Waals surface area contributed by atoms with E-state index >= 15 is 0 Å². The average Bonchev–Trinajstić information content (AvgIpc) is 3.13. The zero-order valence-electron chi connectivity index (χ0n) is 16.7. The molecule has 1 aliphatic heterocycles. The summed E-state index contributed by atoms with van der Waals surface area (Å²) in [6.07, 6.45) is 5.78. The molecule has 0 amide bonds. The molecule has 1 aromatic heterocycles. The highest BCUT2D eigenvalue weighted by atomic mass is 16.5. The van der Waals surface area contributed by atoms with Gasteiger partial charge in [0, 0.05) is 34.7 Å². The molecule has 2 N–H and O–H groups in total. The number of ether oxygens (including phenoxy) is 1. The van der Waals surface area contributed by atoms with Gasteiger partial charge in [-0.1, -0.05) is 49.4 Å². The van der Waals surface area contributed by atoms with Crippen molar-refractivity contribution in [3.63, 3.8) is 0 Å². The van der Waals surface area contributed by atoms with Crippen LogP contribution in [0.4, 0.5) is 0 Å². The van der Waals surface area contributed by atoms with Crippen molar-refractivity contribution in [2.75, 3.05) is 13.7 Å². The number of H-pyrrole nitrogens is 1. The van der Waals surface area contributed by atoms with E-state index in [1.165, 1.54) is 39.7 Å². The molecule has 0 fully saturated rings. The lowest BCUT2D eigenvalue weighted by Crippen LogP contribution is -2.41. The number of methoxy groups -OCH3 is 1. The third kappa shape index (κ3) is 2.94.